The SMILES string of the molecule is CC(C)(C)c1ccc(OCCNC(=O)c2ccc[nH]c2=S)cc1. The third kappa shape index (κ3) is 4.93. The van der Waals surface area contributed by atoms with Gasteiger partial charge in [-0.05, 0) is 35.2 Å². The maximum absolute atomic E-state index is 12.0. The van der Waals surface area contributed by atoms with Gasteiger partial charge in [0.25, 0.3) is 5.91 Å². The highest BCUT2D eigenvalue weighted by Gasteiger charge is 2.13. The quantitative estimate of drug-likeness (QED) is 0.647. The third-order valence-corrected chi connectivity index (χ3v) is 3.78. The molecule has 2 rings (SSSR count). The molecule has 1 heterocycles. The first kappa shape index (κ1) is 17.2. The van der Waals surface area contributed by atoms with Crippen molar-refractivity contribution in [2.24, 2.45) is 0 Å². The van der Waals surface area contributed by atoms with Gasteiger partial charge in [0.2, 0.25) is 0 Å². The zero-order valence-electron chi connectivity index (χ0n) is 13.7. The maximum Gasteiger partial charge on any atom is 0.254 e. The number of ether oxygens (including phenoxy) is 1. The van der Waals surface area contributed by atoms with Crippen LogP contribution < -0.4 is 10.1 Å². The number of benzene rings is 1. The molecule has 1 aromatic heterocycles. The summed E-state index contributed by atoms with van der Waals surface area (Å²) in [7, 11) is 0. The first-order valence-electron chi connectivity index (χ1n) is 7.57. The van der Waals surface area contributed by atoms with Crippen LogP contribution in [0, 0.1) is 4.64 Å². The fourth-order valence-electron chi connectivity index (χ4n) is 2.08. The number of nitrogens with one attached hydrogen (secondary N) is 2. The summed E-state index contributed by atoms with van der Waals surface area (Å²) in [6, 6.07) is 11.5. The van der Waals surface area contributed by atoms with Crippen molar-refractivity contribution in [3.63, 3.8) is 0 Å². The minimum Gasteiger partial charge on any atom is -0.492 e. The van der Waals surface area contributed by atoms with Crippen molar-refractivity contribution >= 4 is 18.1 Å². The predicted octanol–water partition coefficient (Wildman–Crippen LogP) is 3.85. The Morgan fingerprint density at radius 1 is 1.22 bits per heavy atom. The number of aromatic nitrogens is 1. The van der Waals surface area contributed by atoms with Crippen molar-refractivity contribution in [3.8, 4) is 5.75 Å². The fraction of sp³-hybridized carbons (Fsp3) is 0.333. The second kappa shape index (κ2) is 7.42. The summed E-state index contributed by atoms with van der Waals surface area (Å²) < 4.78 is 6.08. The summed E-state index contributed by atoms with van der Waals surface area (Å²) in [4.78, 5) is 14.8. The molecule has 23 heavy (non-hydrogen) atoms. The van der Waals surface area contributed by atoms with Gasteiger partial charge < -0.3 is 15.0 Å². The minimum absolute atomic E-state index is 0.126. The molecule has 4 nitrogen and oxygen atoms in total. The molecule has 122 valence electrons. The Kier molecular flexibility index (Phi) is 5.55. The Labute approximate surface area is 141 Å². The molecule has 0 saturated heterocycles. The predicted molar refractivity (Wildman–Crippen MR) is 94.6 cm³/mol. The molecule has 1 aromatic carbocycles. The smallest absolute Gasteiger partial charge is 0.254 e. The molecule has 0 saturated carbocycles. The van der Waals surface area contributed by atoms with Crippen molar-refractivity contribution in [1.82, 2.24) is 10.3 Å². The van der Waals surface area contributed by atoms with Gasteiger partial charge in [-0.15, -0.1) is 0 Å². The molecule has 0 bridgehead atoms. The van der Waals surface area contributed by atoms with Crippen molar-refractivity contribution in [2.75, 3.05) is 13.2 Å². The summed E-state index contributed by atoms with van der Waals surface area (Å²) in [6.07, 6.45) is 1.70. The Balaban J connectivity index is 1.81. The molecular weight excluding hydrogens is 308 g/mol. The van der Waals surface area contributed by atoms with Crippen LogP contribution in [0.15, 0.2) is 42.6 Å². The second-order valence-electron chi connectivity index (χ2n) is 6.29. The van der Waals surface area contributed by atoms with Crippen LogP contribution in [0.25, 0.3) is 0 Å². The summed E-state index contributed by atoms with van der Waals surface area (Å²) in [6.45, 7) is 7.35. The zero-order valence-corrected chi connectivity index (χ0v) is 14.5. The average Bonchev–Trinajstić information content (AvgIpc) is 2.51. The molecule has 0 fully saturated rings. The van der Waals surface area contributed by atoms with Gasteiger partial charge in [0.05, 0.1) is 12.1 Å². The molecule has 2 aromatic rings. The molecule has 0 aliphatic heterocycles. The van der Waals surface area contributed by atoms with E-state index in [4.69, 9.17) is 17.0 Å². The van der Waals surface area contributed by atoms with Crippen LogP contribution in [-0.4, -0.2) is 24.0 Å². The molecule has 0 spiro atoms. The van der Waals surface area contributed by atoms with Crippen LogP contribution in [0.4, 0.5) is 0 Å². The van der Waals surface area contributed by atoms with E-state index >= 15 is 0 Å². The lowest BCUT2D eigenvalue weighted by Gasteiger charge is -2.19. The highest BCUT2D eigenvalue weighted by atomic mass is 32.1. The van der Waals surface area contributed by atoms with Gasteiger partial charge in [0, 0.05) is 6.20 Å². The van der Waals surface area contributed by atoms with E-state index in [2.05, 4.69) is 43.2 Å². The Bertz CT molecular complexity index is 715. The van der Waals surface area contributed by atoms with Crippen LogP contribution in [0.2, 0.25) is 0 Å². The summed E-state index contributed by atoms with van der Waals surface area (Å²) in [5.41, 5.74) is 1.86. The van der Waals surface area contributed by atoms with Gasteiger partial charge in [-0.3, -0.25) is 4.79 Å². The third-order valence-electron chi connectivity index (χ3n) is 3.44. The average molecular weight is 330 g/mol. The van der Waals surface area contributed by atoms with Crippen molar-refractivity contribution in [2.45, 2.75) is 26.2 Å². The number of aromatic amines is 1. The number of amides is 1. The maximum atomic E-state index is 12.0. The van der Waals surface area contributed by atoms with E-state index in [-0.39, 0.29) is 11.3 Å². The second-order valence-corrected chi connectivity index (χ2v) is 6.70. The Hall–Kier alpha value is -2.14. The molecule has 5 heteroatoms. The van der Waals surface area contributed by atoms with E-state index in [0.29, 0.717) is 23.4 Å². The molecule has 2 N–H and O–H groups in total. The molecule has 0 aliphatic rings. The lowest BCUT2D eigenvalue weighted by atomic mass is 9.87. The molecular formula is C18H22N2O2S. The fourth-order valence-corrected chi connectivity index (χ4v) is 2.31. The van der Waals surface area contributed by atoms with Gasteiger partial charge in [-0.2, -0.15) is 0 Å². The highest BCUT2D eigenvalue weighted by molar-refractivity contribution is 7.71. The molecule has 1 amide bonds. The lowest BCUT2D eigenvalue weighted by molar-refractivity contribution is 0.0946. The molecule has 0 aliphatic carbocycles. The molecule has 0 atom stereocenters. The van der Waals surface area contributed by atoms with Gasteiger partial charge in [0.1, 0.15) is 17.0 Å². The molecule has 0 unspecified atom stereocenters. The van der Waals surface area contributed by atoms with Crippen molar-refractivity contribution < 1.29 is 9.53 Å². The van der Waals surface area contributed by atoms with Crippen LogP contribution in [0.5, 0.6) is 5.75 Å². The van der Waals surface area contributed by atoms with Crippen LogP contribution in [0.1, 0.15) is 36.7 Å². The minimum atomic E-state index is -0.196. The van der Waals surface area contributed by atoms with E-state index in [1.165, 1.54) is 5.56 Å². The van der Waals surface area contributed by atoms with E-state index in [9.17, 15) is 4.79 Å². The van der Waals surface area contributed by atoms with Gasteiger partial charge in [-0.25, -0.2) is 0 Å². The van der Waals surface area contributed by atoms with Crippen LogP contribution >= 0.6 is 12.2 Å². The largest absolute Gasteiger partial charge is 0.492 e. The van der Waals surface area contributed by atoms with Crippen molar-refractivity contribution in [1.29, 1.82) is 0 Å². The normalized spacial score (nSPS) is 11.1. The topological polar surface area (TPSA) is 54.1 Å². The number of carbonyl (C=O) groups is 1. The van der Waals surface area contributed by atoms with Crippen molar-refractivity contribution in [3.05, 3.63) is 58.4 Å². The molecule has 0 radical (unpaired) electrons. The Morgan fingerprint density at radius 2 is 1.91 bits per heavy atom. The Morgan fingerprint density at radius 3 is 2.52 bits per heavy atom. The number of H-pyrrole nitrogens is 1. The first-order valence-corrected chi connectivity index (χ1v) is 7.98. The van der Waals surface area contributed by atoms with Gasteiger partial charge in [0.15, 0.2) is 0 Å². The number of hydrogen-bond donors (Lipinski definition) is 2. The van der Waals surface area contributed by atoms with Gasteiger partial charge in [-0.1, -0.05) is 45.1 Å². The zero-order chi connectivity index (χ0) is 16.9. The van der Waals surface area contributed by atoms with E-state index < -0.39 is 0 Å². The summed E-state index contributed by atoms with van der Waals surface area (Å²) >= 11 is 5.08. The summed E-state index contributed by atoms with van der Waals surface area (Å²) in [5.74, 6) is 0.600. The van der Waals surface area contributed by atoms with Crippen LogP contribution in [0.3, 0.4) is 0 Å². The monoisotopic (exact) mass is 330 g/mol. The van der Waals surface area contributed by atoms with E-state index in [0.717, 1.165) is 5.75 Å². The number of hydrogen-bond acceptors (Lipinski definition) is 3. The lowest BCUT2D eigenvalue weighted by Crippen LogP contribution is -2.28. The highest BCUT2D eigenvalue weighted by Crippen LogP contribution is 2.24. The standard InChI is InChI=1S/C18H22N2O2S/c1-18(2,3)13-6-8-14(9-7-13)22-12-11-19-16(21)15-5-4-10-20-17(15)23/h4-10H,11-12H2,1-3H3,(H,19,21)(H,20,23). The number of rotatable bonds is 5. The number of pyridine rings is 1. The van der Waals surface area contributed by atoms with E-state index in [1.54, 1.807) is 18.3 Å². The first-order chi connectivity index (χ1) is 10.9. The van der Waals surface area contributed by atoms with Crippen LogP contribution in [-0.2, 0) is 5.41 Å². The summed E-state index contributed by atoms with van der Waals surface area (Å²) in [5, 5.41) is 2.80. The van der Waals surface area contributed by atoms with Gasteiger partial charge >= 0.3 is 0 Å². The number of carbonyl (C=O) groups excluding carboxylic acids is 1. The van der Waals surface area contributed by atoms with E-state index in [1.807, 2.05) is 12.1 Å².